The van der Waals surface area contributed by atoms with Crippen molar-refractivity contribution >= 4 is 39.2 Å². The van der Waals surface area contributed by atoms with Crippen molar-refractivity contribution in [1.29, 1.82) is 0 Å². The standard InChI is InChI=1S/C23H19BrClNO6/c1-29-21-8-14(10-26-15-3-4-16(23(27)28)18(25)9-15)6-17(24)22(21)30-11-13-2-5-19-20(7-13)32-12-31-19/h2-9,26H,10-12H2,1H3,(H,27,28). The summed E-state index contributed by atoms with van der Waals surface area (Å²) in [5.41, 5.74) is 2.64. The number of fused-ring (bicyclic) bond motifs is 1. The van der Waals surface area contributed by atoms with Crippen molar-refractivity contribution in [2.24, 2.45) is 0 Å². The van der Waals surface area contributed by atoms with Crippen molar-refractivity contribution in [3.05, 3.63) is 74.7 Å². The highest BCUT2D eigenvalue weighted by molar-refractivity contribution is 9.10. The molecule has 0 unspecified atom stereocenters. The van der Waals surface area contributed by atoms with Crippen LogP contribution in [-0.4, -0.2) is 25.0 Å². The number of aromatic carboxylic acids is 1. The fourth-order valence-electron chi connectivity index (χ4n) is 3.20. The highest BCUT2D eigenvalue weighted by Crippen LogP contribution is 2.38. The predicted molar refractivity (Wildman–Crippen MR) is 123 cm³/mol. The first kappa shape index (κ1) is 22.1. The number of benzene rings is 3. The van der Waals surface area contributed by atoms with E-state index in [1.807, 2.05) is 30.3 Å². The normalized spacial score (nSPS) is 11.8. The van der Waals surface area contributed by atoms with E-state index in [0.29, 0.717) is 36.1 Å². The van der Waals surface area contributed by atoms with Gasteiger partial charge in [-0.1, -0.05) is 17.7 Å². The molecule has 9 heteroatoms. The maximum Gasteiger partial charge on any atom is 0.337 e. The van der Waals surface area contributed by atoms with Gasteiger partial charge in [0.25, 0.3) is 0 Å². The molecule has 0 aliphatic carbocycles. The van der Waals surface area contributed by atoms with Crippen LogP contribution in [0.15, 0.2) is 53.0 Å². The summed E-state index contributed by atoms with van der Waals surface area (Å²) in [6.45, 7) is 1.03. The Kier molecular flexibility index (Phi) is 6.62. The number of carbonyl (C=O) groups is 1. The van der Waals surface area contributed by atoms with Crippen LogP contribution in [0.4, 0.5) is 5.69 Å². The molecule has 0 radical (unpaired) electrons. The van der Waals surface area contributed by atoms with Gasteiger partial charge in [-0.05, 0) is 69.5 Å². The second-order valence-electron chi connectivity index (χ2n) is 6.94. The minimum absolute atomic E-state index is 0.0607. The van der Waals surface area contributed by atoms with Gasteiger partial charge in [0.05, 0.1) is 22.2 Å². The molecular formula is C23H19BrClNO6. The van der Waals surface area contributed by atoms with Crippen LogP contribution >= 0.6 is 27.5 Å². The first-order valence-corrected chi connectivity index (χ1v) is 10.8. The molecule has 0 saturated heterocycles. The Morgan fingerprint density at radius 3 is 2.69 bits per heavy atom. The number of hydrogen-bond donors (Lipinski definition) is 2. The zero-order valence-electron chi connectivity index (χ0n) is 17.0. The van der Waals surface area contributed by atoms with Crippen molar-refractivity contribution in [3.63, 3.8) is 0 Å². The predicted octanol–water partition coefficient (Wildman–Crippen LogP) is 5.73. The fourth-order valence-corrected chi connectivity index (χ4v) is 4.07. The molecule has 0 spiro atoms. The molecule has 7 nitrogen and oxygen atoms in total. The largest absolute Gasteiger partial charge is 0.493 e. The lowest BCUT2D eigenvalue weighted by molar-refractivity contribution is 0.0697. The highest BCUT2D eigenvalue weighted by Gasteiger charge is 2.16. The van der Waals surface area contributed by atoms with E-state index >= 15 is 0 Å². The third-order valence-electron chi connectivity index (χ3n) is 4.81. The maximum atomic E-state index is 11.1. The van der Waals surface area contributed by atoms with E-state index < -0.39 is 5.97 Å². The van der Waals surface area contributed by atoms with Crippen molar-refractivity contribution in [2.45, 2.75) is 13.2 Å². The molecule has 0 saturated carbocycles. The summed E-state index contributed by atoms with van der Waals surface area (Å²) in [5.74, 6) is 1.53. The second kappa shape index (κ2) is 9.58. The van der Waals surface area contributed by atoms with Crippen LogP contribution < -0.4 is 24.3 Å². The van der Waals surface area contributed by atoms with Gasteiger partial charge in [0.2, 0.25) is 6.79 Å². The molecule has 2 N–H and O–H groups in total. The number of carboxylic acids is 1. The molecule has 0 bridgehead atoms. The van der Waals surface area contributed by atoms with Gasteiger partial charge < -0.3 is 29.4 Å². The number of hydrogen-bond acceptors (Lipinski definition) is 6. The summed E-state index contributed by atoms with van der Waals surface area (Å²) < 4.78 is 23.0. The van der Waals surface area contributed by atoms with Crippen LogP contribution in [0.2, 0.25) is 5.02 Å². The van der Waals surface area contributed by atoms with Crippen LogP contribution in [0.5, 0.6) is 23.0 Å². The second-order valence-corrected chi connectivity index (χ2v) is 8.20. The van der Waals surface area contributed by atoms with Crippen LogP contribution in [0.25, 0.3) is 0 Å². The maximum absolute atomic E-state index is 11.1. The van der Waals surface area contributed by atoms with Crippen molar-refractivity contribution in [3.8, 4) is 23.0 Å². The van der Waals surface area contributed by atoms with E-state index in [2.05, 4.69) is 21.2 Å². The summed E-state index contributed by atoms with van der Waals surface area (Å²) in [6, 6.07) is 14.2. The third-order valence-corrected chi connectivity index (χ3v) is 5.71. The highest BCUT2D eigenvalue weighted by atomic mass is 79.9. The number of carboxylic acid groups (broad SMARTS) is 1. The lowest BCUT2D eigenvalue weighted by atomic mass is 10.1. The van der Waals surface area contributed by atoms with E-state index in [4.69, 9.17) is 35.7 Å². The van der Waals surface area contributed by atoms with Gasteiger partial charge in [-0.15, -0.1) is 0 Å². The molecule has 0 atom stereocenters. The Morgan fingerprint density at radius 1 is 1.12 bits per heavy atom. The number of anilines is 1. The van der Waals surface area contributed by atoms with Gasteiger partial charge in [0.15, 0.2) is 23.0 Å². The molecule has 32 heavy (non-hydrogen) atoms. The molecule has 0 amide bonds. The quantitative estimate of drug-likeness (QED) is 0.392. The number of ether oxygens (including phenoxy) is 4. The molecule has 0 fully saturated rings. The van der Waals surface area contributed by atoms with Crippen molar-refractivity contribution in [2.75, 3.05) is 19.2 Å². The van der Waals surface area contributed by atoms with Crippen LogP contribution in [0, 0.1) is 0 Å². The third kappa shape index (κ3) is 4.87. The molecule has 0 aromatic heterocycles. The van der Waals surface area contributed by atoms with Gasteiger partial charge >= 0.3 is 5.97 Å². The van der Waals surface area contributed by atoms with Crippen molar-refractivity contribution < 1.29 is 28.8 Å². The van der Waals surface area contributed by atoms with E-state index in [0.717, 1.165) is 21.3 Å². The fraction of sp³-hybridized carbons (Fsp3) is 0.174. The van der Waals surface area contributed by atoms with Crippen LogP contribution in [0.1, 0.15) is 21.5 Å². The Balaban J connectivity index is 1.44. The monoisotopic (exact) mass is 519 g/mol. The Morgan fingerprint density at radius 2 is 1.94 bits per heavy atom. The van der Waals surface area contributed by atoms with Crippen molar-refractivity contribution in [1.82, 2.24) is 0 Å². The number of methoxy groups -OCH3 is 1. The first-order valence-electron chi connectivity index (χ1n) is 9.59. The summed E-state index contributed by atoms with van der Waals surface area (Å²) in [6.07, 6.45) is 0. The molecule has 1 aliphatic rings. The summed E-state index contributed by atoms with van der Waals surface area (Å²) >= 11 is 9.60. The van der Waals surface area contributed by atoms with Crippen LogP contribution in [-0.2, 0) is 13.2 Å². The smallest absolute Gasteiger partial charge is 0.337 e. The van der Waals surface area contributed by atoms with Gasteiger partial charge in [0.1, 0.15) is 6.61 Å². The van der Waals surface area contributed by atoms with Crippen LogP contribution in [0.3, 0.4) is 0 Å². The number of nitrogens with one attached hydrogen (secondary N) is 1. The topological polar surface area (TPSA) is 86.3 Å². The van der Waals surface area contributed by atoms with Gasteiger partial charge in [-0.2, -0.15) is 0 Å². The minimum atomic E-state index is -1.06. The molecule has 1 aliphatic heterocycles. The summed E-state index contributed by atoms with van der Waals surface area (Å²) in [5, 5.41) is 12.5. The molecule has 166 valence electrons. The van der Waals surface area contributed by atoms with E-state index in [-0.39, 0.29) is 17.4 Å². The van der Waals surface area contributed by atoms with Gasteiger partial charge in [0, 0.05) is 12.2 Å². The Bertz CT molecular complexity index is 1170. The van der Waals surface area contributed by atoms with Gasteiger partial charge in [-0.3, -0.25) is 0 Å². The molecule has 3 aromatic carbocycles. The van der Waals surface area contributed by atoms with E-state index in [1.165, 1.54) is 6.07 Å². The van der Waals surface area contributed by atoms with E-state index in [9.17, 15) is 4.79 Å². The summed E-state index contributed by atoms with van der Waals surface area (Å²) in [7, 11) is 1.58. The van der Waals surface area contributed by atoms with E-state index in [1.54, 1.807) is 19.2 Å². The Labute approximate surface area is 197 Å². The zero-order chi connectivity index (χ0) is 22.7. The lowest BCUT2D eigenvalue weighted by Gasteiger charge is -2.15. The zero-order valence-corrected chi connectivity index (χ0v) is 19.3. The molecule has 4 rings (SSSR count). The number of rotatable bonds is 8. The minimum Gasteiger partial charge on any atom is -0.493 e. The first-order chi connectivity index (χ1) is 15.4. The number of halogens is 2. The molecule has 3 aromatic rings. The summed E-state index contributed by atoms with van der Waals surface area (Å²) in [4.78, 5) is 11.1. The van der Waals surface area contributed by atoms with Gasteiger partial charge in [-0.25, -0.2) is 4.79 Å². The lowest BCUT2D eigenvalue weighted by Crippen LogP contribution is -2.04. The molecular weight excluding hydrogens is 502 g/mol. The Hall–Kier alpha value is -3.10. The SMILES string of the molecule is COc1cc(CNc2ccc(C(=O)O)c(Cl)c2)cc(Br)c1OCc1ccc2c(c1)OCO2. The molecule has 1 heterocycles. The average Bonchev–Trinajstić information content (AvgIpc) is 3.24. The average molecular weight is 521 g/mol.